The van der Waals surface area contributed by atoms with Crippen molar-refractivity contribution in [3.63, 3.8) is 0 Å². The summed E-state index contributed by atoms with van der Waals surface area (Å²) in [5.41, 5.74) is 5.52. The second-order valence-corrected chi connectivity index (χ2v) is 4.00. The van der Waals surface area contributed by atoms with E-state index in [2.05, 4.69) is 17.6 Å². The molecule has 2 rings (SSSR count). The van der Waals surface area contributed by atoms with Gasteiger partial charge in [0.25, 0.3) is 0 Å². The zero-order chi connectivity index (χ0) is 9.26. The van der Waals surface area contributed by atoms with Crippen LogP contribution in [0.3, 0.4) is 0 Å². The standard InChI is InChI=1S/C9H10N2S2.K/c12-9(13)10-11-6-5-7-3-1-2-4-8(7)11;/h1-4H,5-6H2,(H2,10,12,13);/q;+1/p-1. The molecule has 0 aromatic heterocycles. The van der Waals surface area contributed by atoms with Crippen LogP contribution in [-0.4, -0.2) is 10.9 Å². The molecule has 1 aliphatic rings. The molecule has 0 saturated heterocycles. The van der Waals surface area contributed by atoms with Gasteiger partial charge in [0.15, 0.2) is 0 Å². The van der Waals surface area contributed by atoms with Crippen LogP contribution in [0.25, 0.3) is 0 Å². The summed E-state index contributed by atoms with van der Waals surface area (Å²) < 4.78 is 0.400. The van der Waals surface area contributed by atoms with Gasteiger partial charge in [-0.15, -0.1) is 0 Å². The largest absolute Gasteiger partial charge is 1.00 e. The number of nitrogens with one attached hydrogen (secondary N) is 1. The van der Waals surface area contributed by atoms with Crippen LogP contribution in [0, 0.1) is 0 Å². The Kier molecular flexibility index (Phi) is 5.26. The summed E-state index contributed by atoms with van der Waals surface area (Å²) in [7, 11) is 0. The summed E-state index contributed by atoms with van der Waals surface area (Å²) in [5.74, 6) is 0. The fraction of sp³-hybridized carbons (Fsp3) is 0.222. The van der Waals surface area contributed by atoms with Gasteiger partial charge in [0.1, 0.15) is 0 Å². The van der Waals surface area contributed by atoms with Gasteiger partial charge in [-0.2, -0.15) is 0 Å². The topological polar surface area (TPSA) is 15.3 Å². The molecular formula is C9H9KN2S2. The van der Waals surface area contributed by atoms with Gasteiger partial charge in [0, 0.05) is 6.54 Å². The first-order valence-corrected chi connectivity index (χ1v) is 4.92. The molecule has 0 radical (unpaired) electrons. The minimum atomic E-state index is 0. The van der Waals surface area contributed by atoms with Crippen LogP contribution in [0.2, 0.25) is 0 Å². The van der Waals surface area contributed by atoms with Crippen molar-refractivity contribution in [2.45, 2.75) is 6.42 Å². The number of hydrogen-bond donors (Lipinski definition) is 1. The number of hydrazine groups is 1. The molecule has 0 aliphatic carbocycles. The van der Waals surface area contributed by atoms with Crippen LogP contribution in [0.4, 0.5) is 5.69 Å². The van der Waals surface area contributed by atoms with E-state index in [1.54, 1.807) is 0 Å². The quantitative estimate of drug-likeness (QED) is 0.365. The number of hydrogen-bond acceptors (Lipinski definition) is 3. The van der Waals surface area contributed by atoms with Gasteiger partial charge in [-0.3, -0.25) is 5.01 Å². The molecule has 0 saturated carbocycles. The average molecular weight is 248 g/mol. The number of rotatable bonds is 1. The average Bonchev–Trinajstić information content (AvgIpc) is 2.48. The second-order valence-electron chi connectivity index (χ2n) is 2.93. The molecule has 0 fully saturated rings. The SMILES string of the molecule is S=C([S-])NN1CCc2ccccc21.[K+]. The van der Waals surface area contributed by atoms with E-state index in [1.807, 2.05) is 17.1 Å². The maximum atomic E-state index is 4.82. The van der Waals surface area contributed by atoms with E-state index < -0.39 is 0 Å². The predicted molar refractivity (Wildman–Crippen MR) is 60.6 cm³/mol. The second kappa shape index (κ2) is 5.74. The normalized spacial score (nSPS) is 13.0. The van der Waals surface area contributed by atoms with Crippen molar-refractivity contribution >= 4 is 34.9 Å². The van der Waals surface area contributed by atoms with E-state index in [0.29, 0.717) is 4.32 Å². The summed E-state index contributed by atoms with van der Waals surface area (Å²) in [5, 5.41) is 2.00. The van der Waals surface area contributed by atoms with Gasteiger partial charge in [0.2, 0.25) is 0 Å². The van der Waals surface area contributed by atoms with Crippen molar-refractivity contribution < 1.29 is 51.4 Å². The molecule has 0 atom stereocenters. The van der Waals surface area contributed by atoms with Crippen LogP contribution < -0.4 is 61.8 Å². The molecule has 1 heterocycles. The van der Waals surface area contributed by atoms with Crippen LogP contribution in [0.1, 0.15) is 5.56 Å². The monoisotopic (exact) mass is 248 g/mol. The molecule has 1 aliphatic heterocycles. The number of nitrogens with zero attached hydrogens (tertiary/aromatic N) is 1. The van der Waals surface area contributed by atoms with Crippen molar-refractivity contribution in [3.8, 4) is 0 Å². The van der Waals surface area contributed by atoms with Gasteiger partial charge in [0.05, 0.1) is 5.69 Å². The summed E-state index contributed by atoms with van der Waals surface area (Å²) in [6.45, 7) is 0.941. The van der Waals surface area contributed by atoms with E-state index >= 15 is 0 Å². The zero-order valence-electron chi connectivity index (χ0n) is 7.99. The summed E-state index contributed by atoms with van der Waals surface area (Å²) >= 11 is 9.65. The summed E-state index contributed by atoms with van der Waals surface area (Å²) in [6.07, 6.45) is 1.06. The van der Waals surface area contributed by atoms with Gasteiger partial charge >= 0.3 is 51.4 Å². The van der Waals surface area contributed by atoms with E-state index in [0.717, 1.165) is 13.0 Å². The van der Waals surface area contributed by atoms with E-state index in [-0.39, 0.29) is 51.4 Å². The molecule has 1 aromatic rings. The van der Waals surface area contributed by atoms with Gasteiger partial charge in [-0.05, 0) is 22.4 Å². The Labute approximate surface area is 137 Å². The van der Waals surface area contributed by atoms with Crippen LogP contribution in [0.5, 0.6) is 0 Å². The van der Waals surface area contributed by atoms with Crippen LogP contribution in [-0.2, 0) is 19.0 Å². The number of benzene rings is 1. The van der Waals surface area contributed by atoms with Crippen molar-refractivity contribution in [1.29, 1.82) is 0 Å². The number of thiocarbonyl (C=S) groups is 1. The first kappa shape index (κ1) is 12.8. The molecule has 2 nitrogen and oxygen atoms in total. The van der Waals surface area contributed by atoms with Gasteiger partial charge in [-0.1, -0.05) is 18.2 Å². The Morgan fingerprint density at radius 2 is 2.14 bits per heavy atom. The summed E-state index contributed by atoms with van der Waals surface area (Å²) in [4.78, 5) is 0. The molecule has 68 valence electrons. The Hall–Kier alpha value is 0.766. The Morgan fingerprint density at radius 1 is 1.43 bits per heavy atom. The van der Waals surface area contributed by atoms with Gasteiger partial charge in [-0.25, -0.2) is 0 Å². The first-order chi connectivity index (χ1) is 6.27. The molecule has 0 spiro atoms. The minimum absolute atomic E-state index is 0. The molecule has 1 N–H and O–H groups in total. The van der Waals surface area contributed by atoms with Crippen LogP contribution >= 0.6 is 12.2 Å². The third-order valence-corrected chi connectivity index (χ3v) is 2.30. The number of anilines is 1. The third-order valence-electron chi connectivity index (χ3n) is 2.11. The Balaban J connectivity index is 0.000000980. The molecule has 1 aromatic carbocycles. The fourth-order valence-corrected chi connectivity index (χ4v) is 1.78. The smallest absolute Gasteiger partial charge is 0.410 e. The predicted octanol–water partition coefficient (Wildman–Crippen LogP) is -1.61. The van der Waals surface area contributed by atoms with E-state index in [1.165, 1.54) is 11.3 Å². The van der Waals surface area contributed by atoms with Crippen molar-refractivity contribution in [1.82, 2.24) is 5.43 Å². The van der Waals surface area contributed by atoms with Crippen molar-refractivity contribution in [3.05, 3.63) is 29.8 Å². The molecule has 0 bridgehead atoms. The van der Waals surface area contributed by atoms with E-state index in [4.69, 9.17) is 24.8 Å². The minimum Gasteiger partial charge on any atom is -0.410 e. The molecular weight excluding hydrogens is 239 g/mol. The molecule has 0 amide bonds. The van der Waals surface area contributed by atoms with Crippen molar-refractivity contribution in [2.75, 3.05) is 11.6 Å². The third kappa shape index (κ3) is 2.88. The molecule has 0 unspecified atom stereocenters. The van der Waals surface area contributed by atoms with E-state index in [9.17, 15) is 0 Å². The zero-order valence-corrected chi connectivity index (χ0v) is 12.7. The maximum Gasteiger partial charge on any atom is 1.00 e. The summed E-state index contributed by atoms with van der Waals surface area (Å²) in [6, 6.07) is 8.27. The molecule has 5 heteroatoms. The fourth-order valence-electron chi connectivity index (χ4n) is 1.56. The van der Waals surface area contributed by atoms with Crippen molar-refractivity contribution in [2.24, 2.45) is 0 Å². The van der Waals surface area contributed by atoms with Gasteiger partial charge < -0.3 is 30.3 Å². The Bertz CT molecular complexity index is 343. The van der Waals surface area contributed by atoms with Crippen LogP contribution in [0.15, 0.2) is 24.3 Å². The number of para-hydroxylation sites is 1. The maximum absolute atomic E-state index is 4.82. The first-order valence-electron chi connectivity index (χ1n) is 4.10. The number of fused-ring (bicyclic) bond motifs is 1. The Morgan fingerprint density at radius 3 is 2.86 bits per heavy atom. The molecule has 14 heavy (non-hydrogen) atoms.